The van der Waals surface area contributed by atoms with Gasteiger partial charge >= 0.3 is 0 Å². The molecule has 11 heavy (non-hydrogen) atoms. The fraction of sp³-hybridized carbons (Fsp3) is 1.00. The Morgan fingerprint density at radius 1 is 1.55 bits per heavy atom. The molecule has 1 atom stereocenters. The first kappa shape index (κ1) is 8.87. The minimum absolute atomic E-state index is 0.0556. The smallest absolute Gasteiger partial charge is 0.269 e. The lowest BCUT2D eigenvalue weighted by atomic mass is 9.97. The lowest BCUT2D eigenvalue weighted by molar-refractivity contribution is -0.0784. The maximum atomic E-state index is 13.0. The van der Waals surface area contributed by atoms with Crippen molar-refractivity contribution in [2.24, 2.45) is 0 Å². The van der Waals surface area contributed by atoms with Crippen LogP contribution in [0.15, 0.2) is 0 Å². The van der Waals surface area contributed by atoms with Gasteiger partial charge in [-0.3, -0.25) is 0 Å². The molecule has 1 rings (SSSR count). The summed E-state index contributed by atoms with van der Waals surface area (Å²) in [4.78, 5) is 0. The van der Waals surface area contributed by atoms with Gasteiger partial charge in [0, 0.05) is 20.1 Å². The van der Waals surface area contributed by atoms with Crippen LogP contribution in [0.1, 0.15) is 13.3 Å². The predicted octanol–water partition coefficient (Wildman–Crippen LogP) is 1.02. The number of halogens is 2. The average Bonchev–Trinajstić information content (AvgIpc) is 2.09. The van der Waals surface area contributed by atoms with Gasteiger partial charge in [0.1, 0.15) is 5.54 Å². The predicted molar refractivity (Wildman–Crippen MR) is 37.8 cm³/mol. The van der Waals surface area contributed by atoms with Crippen molar-refractivity contribution in [2.45, 2.75) is 24.8 Å². The van der Waals surface area contributed by atoms with E-state index in [9.17, 15) is 8.78 Å². The third-order valence-corrected chi connectivity index (χ3v) is 2.19. The molecule has 1 heterocycles. The summed E-state index contributed by atoms with van der Waals surface area (Å²) in [6, 6.07) is 0. The van der Waals surface area contributed by atoms with Gasteiger partial charge in [-0.1, -0.05) is 0 Å². The highest BCUT2D eigenvalue weighted by Crippen LogP contribution is 2.36. The van der Waals surface area contributed by atoms with E-state index in [4.69, 9.17) is 4.74 Å². The van der Waals surface area contributed by atoms with E-state index in [0.717, 1.165) is 0 Å². The highest BCUT2D eigenvalue weighted by Gasteiger charge is 2.53. The van der Waals surface area contributed by atoms with E-state index in [-0.39, 0.29) is 13.0 Å². The number of nitrogens with one attached hydrogen (secondary N) is 1. The number of alkyl halides is 2. The summed E-state index contributed by atoms with van der Waals surface area (Å²) >= 11 is 0. The molecule has 1 N–H and O–H groups in total. The van der Waals surface area contributed by atoms with E-state index in [1.54, 1.807) is 0 Å². The highest BCUT2D eigenvalue weighted by molar-refractivity contribution is 5.02. The zero-order valence-electron chi connectivity index (χ0n) is 6.79. The number of rotatable bonds is 2. The number of hydrogen-bond acceptors (Lipinski definition) is 2. The molecule has 1 unspecified atom stereocenters. The van der Waals surface area contributed by atoms with Gasteiger partial charge in [-0.2, -0.15) is 0 Å². The Balaban J connectivity index is 2.68. The van der Waals surface area contributed by atoms with Crippen LogP contribution in [0.5, 0.6) is 0 Å². The Kier molecular flexibility index (Phi) is 2.16. The van der Waals surface area contributed by atoms with Crippen LogP contribution < -0.4 is 5.32 Å². The molecule has 0 bridgehead atoms. The maximum absolute atomic E-state index is 13.0. The van der Waals surface area contributed by atoms with Crippen molar-refractivity contribution in [3.8, 4) is 0 Å². The summed E-state index contributed by atoms with van der Waals surface area (Å²) in [6.07, 6.45) is -0.0904. The van der Waals surface area contributed by atoms with Gasteiger partial charge in [-0.15, -0.1) is 0 Å². The van der Waals surface area contributed by atoms with E-state index in [2.05, 4.69) is 5.32 Å². The zero-order valence-corrected chi connectivity index (χ0v) is 6.79. The Morgan fingerprint density at radius 2 is 2.18 bits per heavy atom. The molecule has 1 aliphatic rings. The lowest BCUT2D eigenvalue weighted by Gasteiger charge is -2.30. The number of hydrogen-bond donors (Lipinski definition) is 1. The van der Waals surface area contributed by atoms with Crippen LogP contribution in [-0.2, 0) is 4.74 Å². The van der Waals surface area contributed by atoms with E-state index < -0.39 is 11.5 Å². The molecule has 0 aromatic rings. The molecular weight excluding hydrogens is 152 g/mol. The topological polar surface area (TPSA) is 21.3 Å². The standard InChI is InChI=1S/C7H13F2NO/c1-6(5-11-2)7(8,9)3-4-10-6/h10H,3-5H2,1-2H3. The molecule has 0 amide bonds. The van der Waals surface area contributed by atoms with E-state index in [1.807, 2.05) is 0 Å². The first-order valence-corrected chi connectivity index (χ1v) is 3.64. The van der Waals surface area contributed by atoms with E-state index >= 15 is 0 Å². The van der Waals surface area contributed by atoms with E-state index in [0.29, 0.717) is 6.54 Å². The molecule has 1 aliphatic heterocycles. The minimum atomic E-state index is -2.64. The molecule has 0 spiro atoms. The Labute approximate surface area is 64.9 Å². The molecule has 2 nitrogen and oxygen atoms in total. The van der Waals surface area contributed by atoms with Crippen LogP contribution in [0, 0.1) is 0 Å². The third-order valence-electron chi connectivity index (χ3n) is 2.19. The van der Waals surface area contributed by atoms with Crippen LogP contribution in [-0.4, -0.2) is 31.7 Å². The van der Waals surface area contributed by atoms with E-state index in [1.165, 1.54) is 14.0 Å². The lowest BCUT2D eigenvalue weighted by Crippen LogP contribution is -2.52. The first-order chi connectivity index (χ1) is 5.02. The first-order valence-electron chi connectivity index (χ1n) is 3.64. The van der Waals surface area contributed by atoms with Crippen LogP contribution in [0.3, 0.4) is 0 Å². The molecule has 0 aliphatic carbocycles. The fourth-order valence-corrected chi connectivity index (χ4v) is 1.35. The third kappa shape index (κ3) is 1.37. The molecule has 0 saturated carbocycles. The van der Waals surface area contributed by atoms with Crippen LogP contribution in [0.4, 0.5) is 8.78 Å². The van der Waals surface area contributed by atoms with Gasteiger partial charge in [0.25, 0.3) is 5.92 Å². The normalized spacial score (nSPS) is 36.0. The summed E-state index contributed by atoms with van der Waals surface area (Å²) in [7, 11) is 1.43. The second-order valence-electron chi connectivity index (χ2n) is 3.15. The monoisotopic (exact) mass is 165 g/mol. The second kappa shape index (κ2) is 2.68. The molecule has 0 aromatic carbocycles. The highest BCUT2D eigenvalue weighted by atomic mass is 19.3. The van der Waals surface area contributed by atoms with Crippen molar-refractivity contribution in [2.75, 3.05) is 20.3 Å². The molecule has 1 fully saturated rings. The summed E-state index contributed by atoms with van der Waals surface area (Å²) in [6.45, 7) is 1.91. The SMILES string of the molecule is COCC1(C)NCCC1(F)F. The van der Waals surface area contributed by atoms with Crippen LogP contribution >= 0.6 is 0 Å². The molecular formula is C7H13F2NO. The van der Waals surface area contributed by atoms with Gasteiger partial charge in [-0.25, -0.2) is 8.78 Å². The van der Waals surface area contributed by atoms with Crippen LogP contribution in [0.2, 0.25) is 0 Å². The van der Waals surface area contributed by atoms with Gasteiger partial charge in [-0.05, 0) is 6.92 Å². The second-order valence-corrected chi connectivity index (χ2v) is 3.15. The summed E-state index contributed by atoms with van der Waals surface area (Å²) in [5.41, 5.74) is -1.16. The molecule has 0 radical (unpaired) electrons. The van der Waals surface area contributed by atoms with Crippen LogP contribution in [0.25, 0.3) is 0 Å². The molecule has 4 heteroatoms. The largest absolute Gasteiger partial charge is 0.383 e. The zero-order chi connectivity index (χ0) is 8.54. The molecule has 66 valence electrons. The maximum Gasteiger partial charge on any atom is 0.269 e. The minimum Gasteiger partial charge on any atom is -0.383 e. The van der Waals surface area contributed by atoms with Gasteiger partial charge in [0.2, 0.25) is 0 Å². The van der Waals surface area contributed by atoms with Crippen molar-refractivity contribution < 1.29 is 13.5 Å². The van der Waals surface area contributed by atoms with Crippen molar-refractivity contribution in [1.29, 1.82) is 0 Å². The van der Waals surface area contributed by atoms with Crippen molar-refractivity contribution in [3.05, 3.63) is 0 Å². The van der Waals surface area contributed by atoms with Gasteiger partial charge in [0.15, 0.2) is 0 Å². The van der Waals surface area contributed by atoms with Crippen molar-refractivity contribution in [1.82, 2.24) is 5.32 Å². The Hall–Kier alpha value is -0.220. The van der Waals surface area contributed by atoms with Gasteiger partial charge in [0.05, 0.1) is 6.61 Å². The van der Waals surface area contributed by atoms with Gasteiger partial charge < -0.3 is 10.1 Å². The number of methoxy groups -OCH3 is 1. The summed E-state index contributed by atoms with van der Waals surface area (Å²) in [5.74, 6) is -2.64. The fourth-order valence-electron chi connectivity index (χ4n) is 1.35. The Morgan fingerprint density at radius 3 is 2.55 bits per heavy atom. The average molecular weight is 165 g/mol. The Bertz CT molecular complexity index is 151. The summed E-state index contributed by atoms with van der Waals surface area (Å²) in [5, 5.41) is 2.75. The number of ether oxygens (including phenoxy) is 1. The van der Waals surface area contributed by atoms with Crippen molar-refractivity contribution in [3.63, 3.8) is 0 Å². The molecule has 0 aromatic heterocycles. The molecule has 1 saturated heterocycles. The van der Waals surface area contributed by atoms with Crippen molar-refractivity contribution >= 4 is 0 Å². The quantitative estimate of drug-likeness (QED) is 0.659. The summed E-state index contributed by atoms with van der Waals surface area (Å²) < 4.78 is 30.8.